The number of cyclic esters (lactones) is 1. The van der Waals surface area contributed by atoms with Crippen LogP contribution in [-0.2, 0) is 4.74 Å². The molecule has 2 aliphatic heterocycles. The maximum absolute atomic E-state index is 14.5. The second-order valence-corrected chi connectivity index (χ2v) is 6.16. The van der Waals surface area contributed by atoms with Crippen LogP contribution in [0.5, 0.6) is 0 Å². The zero-order chi connectivity index (χ0) is 15.8. The molecule has 3 nitrogen and oxygen atoms in total. The number of ether oxygens (including phenoxy) is 1. The van der Waals surface area contributed by atoms with Crippen molar-refractivity contribution in [1.29, 1.82) is 0 Å². The Kier molecular flexibility index (Phi) is 3.52. The van der Waals surface area contributed by atoms with E-state index in [0.29, 0.717) is 5.56 Å². The minimum atomic E-state index is -0.343. The minimum Gasteiger partial charge on any atom is -0.443 e. The van der Waals surface area contributed by atoms with Crippen LogP contribution in [0.1, 0.15) is 29.9 Å². The summed E-state index contributed by atoms with van der Waals surface area (Å²) >= 11 is 0. The van der Waals surface area contributed by atoms with E-state index >= 15 is 0 Å². The SMILES string of the molecule is O=C1O[C@H]([C@@H](c2ccccc2)c2ccccc2F)[C@H]2CCCN12. The van der Waals surface area contributed by atoms with Crippen LogP contribution in [0.2, 0.25) is 0 Å². The van der Waals surface area contributed by atoms with Crippen molar-refractivity contribution in [3.05, 3.63) is 71.5 Å². The Balaban J connectivity index is 1.80. The highest BCUT2D eigenvalue weighted by Gasteiger charge is 2.48. The Hall–Kier alpha value is -2.36. The van der Waals surface area contributed by atoms with Crippen LogP contribution in [0.3, 0.4) is 0 Å². The van der Waals surface area contributed by atoms with Gasteiger partial charge in [0.2, 0.25) is 0 Å². The van der Waals surface area contributed by atoms with Crippen molar-refractivity contribution < 1.29 is 13.9 Å². The fourth-order valence-corrected chi connectivity index (χ4v) is 3.85. The van der Waals surface area contributed by atoms with Gasteiger partial charge in [0.25, 0.3) is 0 Å². The van der Waals surface area contributed by atoms with Gasteiger partial charge in [-0.1, -0.05) is 48.5 Å². The number of carbonyl (C=O) groups excluding carboxylic acids is 1. The van der Waals surface area contributed by atoms with Gasteiger partial charge in [-0.3, -0.25) is 0 Å². The summed E-state index contributed by atoms with van der Waals surface area (Å²) in [6.45, 7) is 0.735. The van der Waals surface area contributed by atoms with Crippen LogP contribution >= 0.6 is 0 Å². The Bertz CT molecular complexity index is 718. The molecule has 2 fully saturated rings. The average Bonchev–Trinajstić information content (AvgIpc) is 3.16. The molecule has 0 aromatic heterocycles. The molecule has 0 spiro atoms. The standard InChI is InChI=1S/C19H18FNO2/c20-15-10-5-4-9-14(15)17(13-7-2-1-3-8-13)18-16-11-6-12-21(16)19(22)23-18/h1-5,7-10,16-18H,6,11-12H2/t16-,17+,18+/m1/s1. The lowest BCUT2D eigenvalue weighted by Gasteiger charge is -2.27. The van der Waals surface area contributed by atoms with Gasteiger partial charge >= 0.3 is 6.09 Å². The molecule has 0 radical (unpaired) electrons. The number of hydrogen-bond acceptors (Lipinski definition) is 2. The fraction of sp³-hybridized carbons (Fsp3) is 0.316. The molecule has 0 aliphatic carbocycles. The van der Waals surface area contributed by atoms with E-state index in [9.17, 15) is 9.18 Å². The highest BCUT2D eigenvalue weighted by molar-refractivity contribution is 5.71. The van der Waals surface area contributed by atoms with E-state index in [-0.39, 0.29) is 30.0 Å². The second-order valence-electron chi connectivity index (χ2n) is 6.16. The average molecular weight is 311 g/mol. The van der Waals surface area contributed by atoms with Crippen molar-refractivity contribution in [2.45, 2.75) is 30.9 Å². The van der Waals surface area contributed by atoms with Crippen molar-refractivity contribution >= 4 is 6.09 Å². The van der Waals surface area contributed by atoms with Crippen LogP contribution in [0.25, 0.3) is 0 Å². The Labute approximate surface area is 134 Å². The second kappa shape index (κ2) is 5.69. The van der Waals surface area contributed by atoms with E-state index < -0.39 is 0 Å². The predicted octanol–water partition coefficient (Wildman–Crippen LogP) is 3.94. The number of rotatable bonds is 3. The number of hydrogen-bond donors (Lipinski definition) is 0. The summed E-state index contributed by atoms with van der Waals surface area (Å²) in [5.74, 6) is -0.539. The molecule has 0 N–H and O–H groups in total. The summed E-state index contributed by atoms with van der Waals surface area (Å²) in [7, 11) is 0. The third kappa shape index (κ3) is 2.38. The summed E-state index contributed by atoms with van der Waals surface area (Å²) in [5.41, 5.74) is 1.56. The number of fused-ring (bicyclic) bond motifs is 1. The quantitative estimate of drug-likeness (QED) is 0.859. The molecule has 118 valence electrons. The lowest BCUT2D eigenvalue weighted by molar-refractivity contribution is 0.117. The Morgan fingerprint density at radius 3 is 2.61 bits per heavy atom. The van der Waals surface area contributed by atoms with E-state index in [1.165, 1.54) is 6.07 Å². The van der Waals surface area contributed by atoms with E-state index in [1.54, 1.807) is 17.0 Å². The third-order valence-corrected chi connectivity index (χ3v) is 4.88. The maximum atomic E-state index is 14.5. The highest BCUT2D eigenvalue weighted by atomic mass is 19.1. The monoisotopic (exact) mass is 311 g/mol. The van der Waals surface area contributed by atoms with Crippen molar-refractivity contribution in [1.82, 2.24) is 4.90 Å². The van der Waals surface area contributed by atoms with Crippen molar-refractivity contribution in [2.75, 3.05) is 6.54 Å². The molecular weight excluding hydrogens is 293 g/mol. The van der Waals surface area contributed by atoms with Crippen LogP contribution in [-0.4, -0.2) is 29.7 Å². The molecule has 2 aromatic rings. The summed E-state index contributed by atoms with van der Waals surface area (Å²) in [6, 6.07) is 16.6. The zero-order valence-electron chi connectivity index (χ0n) is 12.7. The first kappa shape index (κ1) is 14.2. The Morgan fingerprint density at radius 1 is 1.09 bits per heavy atom. The highest BCUT2D eigenvalue weighted by Crippen LogP contribution is 2.41. The first-order valence-electron chi connectivity index (χ1n) is 8.02. The van der Waals surface area contributed by atoms with Gasteiger partial charge < -0.3 is 9.64 Å². The molecule has 2 aromatic carbocycles. The number of halogens is 1. The molecule has 0 bridgehead atoms. The van der Waals surface area contributed by atoms with E-state index in [1.807, 2.05) is 36.4 Å². The van der Waals surface area contributed by atoms with Gasteiger partial charge in [-0.25, -0.2) is 9.18 Å². The Morgan fingerprint density at radius 2 is 1.83 bits per heavy atom. The molecule has 23 heavy (non-hydrogen) atoms. The van der Waals surface area contributed by atoms with E-state index in [2.05, 4.69) is 0 Å². The van der Waals surface area contributed by atoms with Gasteiger partial charge in [-0.05, 0) is 30.0 Å². The topological polar surface area (TPSA) is 29.5 Å². The smallest absolute Gasteiger partial charge is 0.410 e. The normalized spacial score (nSPS) is 24.4. The molecule has 2 heterocycles. The molecule has 2 saturated heterocycles. The molecule has 1 amide bonds. The van der Waals surface area contributed by atoms with Gasteiger partial charge in [0.1, 0.15) is 11.9 Å². The molecular formula is C19H18FNO2. The molecule has 3 atom stereocenters. The van der Waals surface area contributed by atoms with E-state index in [4.69, 9.17) is 4.74 Å². The summed E-state index contributed by atoms with van der Waals surface area (Å²) < 4.78 is 20.1. The third-order valence-electron chi connectivity index (χ3n) is 4.88. The van der Waals surface area contributed by atoms with Crippen molar-refractivity contribution in [2.24, 2.45) is 0 Å². The van der Waals surface area contributed by atoms with Gasteiger partial charge in [0, 0.05) is 6.54 Å². The maximum Gasteiger partial charge on any atom is 0.410 e. The van der Waals surface area contributed by atoms with Gasteiger partial charge in [0.05, 0.1) is 12.0 Å². The largest absolute Gasteiger partial charge is 0.443 e. The molecule has 4 heteroatoms. The molecule has 2 aliphatic rings. The number of carbonyl (C=O) groups is 1. The van der Waals surface area contributed by atoms with E-state index in [0.717, 1.165) is 24.9 Å². The first-order chi connectivity index (χ1) is 11.3. The van der Waals surface area contributed by atoms with Gasteiger partial charge in [-0.15, -0.1) is 0 Å². The predicted molar refractivity (Wildman–Crippen MR) is 84.7 cm³/mol. The summed E-state index contributed by atoms with van der Waals surface area (Å²) in [4.78, 5) is 13.9. The zero-order valence-corrected chi connectivity index (χ0v) is 12.7. The molecule has 4 rings (SSSR count). The number of nitrogens with zero attached hydrogens (tertiary/aromatic N) is 1. The van der Waals surface area contributed by atoms with Crippen molar-refractivity contribution in [3.8, 4) is 0 Å². The molecule has 0 saturated carbocycles. The van der Waals surface area contributed by atoms with Crippen LogP contribution < -0.4 is 0 Å². The fourth-order valence-electron chi connectivity index (χ4n) is 3.85. The minimum absolute atomic E-state index is 0.0345. The summed E-state index contributed by atoms with van der Waals surface area (Å²) in [5, 5.41) is 0. The first-order valence-corrected chi connectivity index (χ1v) is 8.02. The van der Waals surface area contributed by atoms with Gasteiger partial charge in [0.15, 0.2) is 0 Å². The molecule has 0 unspecified atom stereocenters. The van der Waals surface area contributed by atoms with Crippen LogP contribution in [0, 0.1) is 5.82 Å². The summed E-state index contributed by atoms with van der Waals surface area (Å²) in [6.07, 6.45) is 1.28. The van der Waals surface area contributed by atoms with Crippen LogP contribution in [0.15, 0.2) is 54.6 Å². The lowest BCUT2D eigenvalue weighted by atomic mass is 9.83. The number of amides is 1. The van der Waals surface area contributed by atoms with Crippen molar-refractivity contribution in [3.63, 3.8) is 0 Å². The number of benzene rings is 2. The van der Waals surface area contributed by atoms with Gasteiger partial charge in [-0.2, -0.15) is 0 Å². The van der Waals surface area contributed by atoms with Crippen LogP contribution in [0.4, 0.5) is 9.18 Å². The lowest BCUT2D eigenvalue weighted by Crippen LogP contribution is -2.34.